The predicted octanol–water partition coefficient (Wildman–Crippen LogP) is 3.49. The Balaban J connectivity index is 2.54. The van der Waals surface area contributed by atoms with Crippen LogP contribution in [0.3, 0.4) is 0 Å². The molecule has 0 aliphatic heterocycles. The zero-order valence-corrected chi connectivity index (χ0v) is 12.0. The maximum absolute atomic E-state index is 9.00. The van der Waals surface area contributed by atoms with Gasteiger partial charge in [-0.1, -0.05) is 6.92 Å². The van der Waals surface area contributed by atoms with Crippen LogP contribution in [-0.2, 0) is 6.54 Å². The summed E-state index contributed by atoms with van der Waals surface area (Å²) in [5.74, 6) is 0. The fraction of sp³-hybridized carbons (Fsp3) is 0.667. The Kier molecular flexibility index (Phi) is 5.43. The van der Waals surface area contributed by atoms with Gasteiger partial charge in [0, 0.05) is 24.5 Å². The summed E-state index contributed by atoms with van der Waals surface area (Å²) in [7, 11) is 0. The summed E-state index contributed by atoms with van der Waals surface area (Å²) >= 11 is 0. The third kappa shape index (κ3) is 4.19. The molecule has 18 heavy (non-hydrogen) atoms. The van der Waals surface area contributed by atoms with Crippen molar-refractivity contribution in [1.82, 2.24) is 9.88 Å². The van der Waals surface area contributed by atoms with E-state index in [1.807, 2.05) is 13.8 Å². The first-order valence-electron chi connectivity index (χ1n) is 6.80. The van der Waals surface area contributed by atoms with Crippen LogP contribution in [0.2, 0.25) is 0 Å². The summed E-state index contributed by atoms with van der Waals surface area (Å²) in [5.41, 5.74) is 1.12. The van der Waals surface area contributed by atoms with Crippen LogP contribution in [0.15, 0.2) is 18.3 Å². The first-order chi connectivity index (χ1) is 8.50. The number of aryl methyl sites for hydroxylation is 1. The van der Waals surface area contributed by atoms with Gasteiger partial charge in [0.1, 0.15) is 0 Å². The normalized spacial score (nSPS) is 13.3. The minimum atomic E-state index is -0.208. The van der Waals surface area contributed by atoms with Crippen molar-refractivity contribution in [2.75, 3.05) is 6.54 Å². The van der Waals surface area contributed by atoms with E-state index in [0.29, 0.717) is 6.04 Å². The molecule has 0 aromatic carbocycles. The maximum Gasteiger partial charge on any atom is 0.0683 e. The highest BCUT2D eigenvalue weighted by molar-refractivity contribution is 5.11. The minimum Gasteiger partial charge on any atom is -0.350 e. The highest BCUT2D eigenvalue weighted by Gasteiger charge is 2.16. The molecular weight excluding hydrogens is 222 g/mol. The van der Waals surface area contributed by atoms with Crippen molar-refractivity contribution in [3.63, 3.8) is 0 Å². The summed E-state index contributed by atoms with van der Waals surface area (Å²) in [6, 6.07) is 7.01. The van der Waals surface area contributed by atoms with Gasteiger partial charge in [0.05, 0.1) is 11.5 Å². The van der Waals surface area contributed by atoms with E-state index in [1.54, 1.807) is 0 Å². The van der Waals surface area contributed by atoms with Gasteiger partial charge < -0.3 is 9.88 Å². The lowest BCUT2D eigenvalue weighted by atomic mass is 9.90. The summed E-state index contributed by atoms with van der Waals surface area (Å²) < 4.78 is 2.29. The minimum absolute atomic E-state index is 0.208. The average molecular weight is 247 g/mol. The average Bonchev–Trinajstić information content (AvgIpc) is 2.77. The quantitative estimate of drug-likeness (QED) is 0.801. The Morgan fingerprint density at radius 2 is 2.22 bits per heavy atom. The number of hydrogen-bond donors (Lipinski definition) is 1. The van der Waals surface area contributed by atoms with Crippen molar-refractivity contribution in [1.29, 1.82) is 5.26 Å². The first kappa shape index (κ1) is 14.8. The van der Waals surface area contributed by atoms with Gasteiger partial charge in [-0.2, -0.15) is 5.26 Å². The second-order valence-corrected chi connectivity index (χ2v) is 5.51. The third-order valence-corrected chi connectivity index (χ3v) is 3.32. The summed E-state index contributed by atoms with van der Waals surface area (Å²) in [6.07, 6.45) is 4.11. The molecule has 100 valence electrons. The SMILES string of the molecule is CCNC(C)c1cccn1CCCC(C)(C)C#N. The molecule has 0 amide bonds. The second kappa shape index (κ2) is 6.61. The summed E-state index contributed by atoms with van der Waals surface area (Å²) in [5, 5.41) is 12.4. The largest absolute Gasteiger partial charge is 0.350 e. The number of nitriles is 1. The Morgan fingerprint density at radius 1 is 1.50 bits per heavy atom. The zero-order chi connectivity index (χ0) is 13.6. The molecule has 1 atom stereocenters. The molecule has 0 saturated carbocycles. The van der Waals surface area contributed by atoms with Crippen molar-refractivity contribution in [2.45, 2.75) is 53.1 Å². The highest BCUT2D eigenvalue weighted by atomic mass is 15.0. The topological polar surface area (TPSA) is 40.8 Å². The molecule has 1 unspecified atom stereocenters. The van der Waals surface area contributed by atoms with E-state index in [2.05, 4.69) is 48.1 Å². The second-order valence-electron chi connectivity index (χ2n) is 5.51. The van der Waals surface area contributed by atoms with Crippen molar-refractivity contribution >= 4 is 0 Å². The summed E-state index contributed by atoms with van der Waals surface area (Å²) in [6.45, 7) is 10.3. The number of nitrogens with one attached hydrogen (secondary N) is 1. The van der Waals surface area contributed by atoms with Crippen LogP contribution < -0.4 is 5.32 Å². The number of rotatable bonds is 7. The monoisotopic (exact) mass is 247 g/mol. The zero-order valence-electron chi connectivity index (χ0n) is 12.0. The molecule has 1 N–H and O–H groups in total. The molecule has 0 spiro atoms. The van der Waals surface area contributed by atoms with E-state index < -0.39 is 0 Å². The molecule has 0 radical (unpaired) electrons. The predicted molar refractivity (Wildman–Crippen MR) is 75.2 cm³/mol. The lowest BCUT2D eigenvalue weighted by Gasteiger charge is -2.18. The van der Waals surface area contributed by atoms with Crippen molar-refractivity contribution in [3.8, 4) is 6.07 Å². The fourth-order valence-electron chi connectivity index (χ4n) is 2.18. The molecule has 3 heteroatoms. The van der Waals surface area contributed by atoms with Crippen molar-refractivity contribution in [2.24, 2.45) is 5.41 Å². The van der Waals surface area contributed by atoms with Crippen LogP contribution >= 0.6 is 0 Å². The third-order valence-electron chi connectivity index (χ3n) is 3.32. The van der Waals surface area contributed by atoms with Crippen LogP contribution in [0.4, 0.5) is 0 Å². The highest BCUT2D eigenvalue weighted by Crippen LogP contribution is 2.22. The van der Waals surface area contributed by atoms with Gasteiger partial charge in [0.15, 0.2) is 0 Å². The van der Waals surface area contributed by atoms with Gasteiger partial charge in [0.25, 0.3) is 0 Å². The molecule has 0 saturated heterocycles. The smallest absolute Gasteiger partial charge is 0.0683 e. The van der Waals surface area contributed by atoms with E-state index in [1.165, 1.54) is 5.69 Å². The molecule has 1 aromatic rings. The Labute approximate surface area is 111 Å². The van der Waals surface area contributed by atoms with Crippen LogP contribution in [0.1, 0.15) is 52.3 Å². The van der Waals surface area contributed by atoms with Gasteiger partial charge in [-0.25, -0.2) is 0 Å². The van der Waals surface area contributed by atoms with E-state index in [-0.39, 0.29) is 5.41 Å². The van der Waals surface area contributed by atoms with Gasteiger partial charge in [0.2, 0.25) is 0 Å². The van der Waals surface area contributed by atoms with Crippen LogP contribution in [0.25, 0.3) is 0 Å². The molecule has 0 aliphatic rings. The standard InChI is InChI=1S/C15H25N3/c1-5-17-13(2)14-8-6-10-18(14)11-7-9-15(3,4)12-16/h6,8,10,13,17H,5,7,9,11H2,1-4H3. The molecule has 1 rings (SSSR count). The molecule has 3 nitrogen and oxygen atoms in total. The number of aromatic nitrogens is 1. The molecule has 1 aromatic heterocycles. The number of nitrogens with zero attached hydrogens (tertiary/aromatic N) is 2. The molecule has 0 aliphatic carbocycles. The van der Waals surface area contributed by atoms with E-state index in [4.69, 9.17) is 5.26 Å². The van der Waals surface area contributed by atoms with Gasteiger partial charge in [-0.15, -0.1) is 0 Å². The van der Waals surface area contributed by atoms with Gasteiger partial charge in [-0.3, -0.25) is 0 Å². The molecule has 0 bridgehead atoms. The lowest BCUT2D eigenvalue weighted by molar-refractivity contribution is 0.409. The Bertz CT molecular complexity index is 398. The van der Waals surface area contributed by atoms with Crippen LogP contribution in [0.5, 0.6) is 0 Å². The van der Waals surface area contributed by atoms with Crippen LogP contribution in [-0.4, -0.2) is 11.1 Å². The summed E-state index contributed by atoms with van der Waals surface area (Å²) in [4.78, 5) is 0. The number of hydrogen-bond acceptors (Lipinski definition) is 2. The molecular formula is C15H25N3. The Hall–Kier alpha value is -1.27. The van der Waals surface area contributed by atoms with Gasteiger partial charge in [-0.05, 0) is 52.3 Å². The van der Waals surface area contributed by atoms with E-state index in [9.17, 15) is 0 Å². The first-order valence-corrected chi connectivity index (χ1v) is 6.80. The molecule has 0 fully saturated rings. The van der Waals surface area contributed by atoms with Gasteiger partial charge >= 0.3 is 0 Å². The lowest BCUT2D eigenvalue weighted by Crippen LogP contribution is -2.21. The van der Waals surface area contributed by atoms with Crippen molar-refractivity contribution < 1.29 is 0 Å². The maximum atomic E-state index is 9.00. The fourth-order valence-corrected chi connectivity index (χ4v) is 2.18. The van der Waals surface area contributed by atoms with Crippen LogP contribution in [0, 0.1) is 16.7 Å². The Morgan fingerprint density at radius 3 is 2.83 bits per heavy atom. The van der Waals surface area contributed by atoms with E-state index in [0.717, 1.165) is 25.9 Å². The van der Waals surface area contributed by atoms with Crippen molar-refractivity contribution in [3.05, 3.63) is 24.0 Å². The molecule has 1 heterocycles. The van der Waals surface area contributed by atoms with E-state index >= 15 is 0 Å².